The van der Waals surface area contributed by atoms with Crippen molar-refractivity contribution in [3.05, 3.63) is 28.5 Å². The van der Waals surface area contributed by atoms with Gasteiger partial charge in [-0.3, -0.25) is 4.98 Å². The Labute approximate surface area is 109 Å². The third-order valence-electron chi connectivity index (χ3n) is 3.07. The first-order valence-electron chi connectivity index (χ1n) is 5.13. The summed E-state index contributed by atoms with van der Waals surface area (Å²) in [5.41, 5.74) is 1.59. The largest absolute Gasteiger partial charge is 0.263 e. The van der Waals surface area contributed by atoms with Gasteiger partial charge in [-0.2, -0.15) is 0 Å². The molecule has 0 spiro atoms. The summed E-state index contributed by atoms with van der Waals surface area (Å²) in [5, 5.41) is 1.02. The zero-order valence-corrected chi connectivity index (χ0v) is 12.6. The van der Waals surface area contributed by atoms with Gasteiger partial charge in [-0.05, 0) is 45.3 Å². The summed E-state index contributed by atoms with van der Waals surface area (Å²) in [4.78, 5) is 4.20. The van der Waals surface area contributed by atoms with Crippen molar-refractivity contribution in [1.29, 1.82) is 0 Å². The van der Waals surface area contributed by atoms with Crippen molar-refractivity contribution < 1.29 is 0 Å². The Balaban J connectivity index is 2.84. The quantitative estimate of drug-likeness (QED) is 0.741. The Bertz CT molecular complexity index is 325. The van der Waals surface area contributed by atoms with Crippen LogP contribution < -0.4 is 0 Å². The first kappa shape index (κ1) is 13.2. The molecule has 0 aromatic carbocycles. The van der Waals surface area contributed by atoms with Crippen LogP contribution in [0.2, 0.25) is 0 Å². The van der Waals surface area contributed by atoms with E-state index in [9.17, 15) is 0 Å². The lowest BCUT2D eigenvalue weighted by Gasteiger charge is -2.31. The Morgan fingerprint density at radius 2 is 2.07 bits per heavy atom. The second-order valence-electron chi connectivity index (χ2n) is 4.63. The van der Waals surface area contributed by atoms with Crippen LogP contribution in [0.4, 0.5) is 0 Å². The molecule has 0 amide bonds. The first-order valence-corrected chi connectivity index (χ1v) is 7.05. The summed E-state index contributed by atoms with van der Waals surface area (Å²) in [6.07, 6.45) is 4.83. The molecule has 0 fully saturated rings. The summed E-state index contributed by atoms with van der Waals surface area (Å²) in [5.74, 6) is 0.649. The van der Waals surface area contributed by atoms with Crippen molar-refractivity contribution in [2.75, 3.05) is 5.33 Å². The van der Waals surface area contributed by atoms with Crippen LogP contribution in [-0.2, 0) is 6.42 Å². The van der Waals surface area contributed by atoms with E-state index in [1.807, 2.05) is 12.4 Å². The highest BCUT2D eigenvalue weighted by atomic mass is 79.9. The highest BCUT2D eigenvalue weighted by molar-refractivity contribution is 9.10. The lowest BCUT2D eigenvalue weighted by molar-refractivity contribution is 0.257. The first-order chi connectivity index (χ1) is 6.98. The summed E-state index contributed by atoms with van der Waals surface area (Å²) in [6, 6.07) is 2.15. The van der Waals surface area contributed by atoms with Gasteiger partial charge < -0.3 is 0 Å². The molecule has 1 atom stereocenters. The molecule has 0 aliphatic heterocycles. The van der Waals surface area contributed by atoms with Gasteiger partial charge in [-0.1, -0.05) is 36.7 Å². The topological polar surface area (TPSA) is 12.9 Å². The van der Waals surface area contributed by atoms with E-state index in [4.69, 9.17) is 0 Å². The molecule has 0 bridgehead atoms. The van der Waals surface area contributed by atoms with Crippen LogP contribution in [0.15, 0.2) is 22.9 Å². The molecule has 1 heterocycles. The highest BCUT2D eigenvalue weighted by Crippen LogP contribution is 2.33. The molecule has 1 unspecified atom stereocenters. The molecule has 0 aliphatic rings. The van der Waals surface area contributed by atoms with Gasteiger partial charge in [0.25, 0.3) is 0 Å². The van der Waals surface area contributed by atoms with Gasteiger partial charge in [0.15, 0.2) is 0 Å². The Morgan fingerprint density at radius 1 is 1.40 bits per heavy atom. The lowest BCUT2D eigenvalue weighted by atomic mass is 9.76. The van der Waals surface area contributed by atoms with Gasteiger partial charge >= 0.3 is 0 Å². The van der Waals surface area contributed by atoms with Crippen molar-refractivity contribution in [3.63, 3.8) is 0 Å². The molecule has 3 heteroatoms. The second kappa shape index (κ2) is 5.44. The number of nitrogens with zero attached hydrogens (tertiary/aromatic N) is 1. The highest BCUT2D eigenvalue weighted by Gasteiger charge is 2.27. The molecular formula is C12H17Br2N. The number of hydrogen-bond acceptors (Lipinski definition) is 1. The standard InChI is InChI=1S/C12H17Br2N/c1-9(2)12(3,8-13)5-10-4-11(14)7-15-6-10/h4,6-7,9H,5,8H2,1-3H3. The maximum absolute atomic E-state index is 4.20. The minimum absolute atomic E-state index is 0.294. The van der Waals surface area contributed by atoms with Crippen LogP contribution in [0.3, 0.4) is 0 Å². The molecule has 1 aromatic rings. The molecule has 1 nitrogen and oxygen atoms in total. The van der Waals surface area contributed by atoms with E-state index in [-0.39, 0.29) is 0 Å². The molecule has 0 N–H and O–H groups in total. The minimum atomic E-state index is 0.294. The Hall–Kier alpha value is 0.110. The van der Waals surface area contributed by atoms with Gasteiger partial charge in [0, 0.05) is 22.2 Å². The van der Waals surface area contributed by atoms with Crippen LogP contribution in [-0.4, -0.2) is 10.3 Å². The molecule has 1 aromatic heterocycles. The summed E-state index contributed by atoms with van der Waals surface area (Å²) in [7, 11) is 0. The average Bonchev–Trinajstić information content (AvgIpc) is 2.17. The van der Waals surface area contributed by atoms with Crippen LogP contribution in [0.25, 0.3) is 0 Å². The number of rotatable bonds is 4. The fourth-order valence-corrected chi connectivity index (χ4v) is 2.68. The number of pyridine rings is 1. The fourth-order valence-electron chi connectivity index (χ4n) is 1.42. The smallest absolute Gasteiger partial charge is 0.0410 e. The third-order valence-corrected chi connectivity index (χ3v) is 4.78. The third kappa shape index (κ3) is 3.56. The SMILES string of the molecule is CC(C)C(C)(CBr)Cc1cncc(Br)c1. The summed E-state index contributed by atoms with van der Waals surface area (Å²) >= 11 is 7.07. The summed E-state index contributed by atoms with van der Waals surface area (Å²) in [6.45, 7) is 6.85. The zero-order chi connectivity index (χ0) is 11.5. The van der Waals surface area contributed by atoms with Crippen molar-refractivity contribution >= 4 is 31.9 Å². The predicted molar refractivity (Wildman–Crippen MR) is 72.4 cm³/mol. The van der Waals surface area contributed by atoms with Gasteiger partial charge in [-0.25, -0.2) is 0 Å². The van der Waals surface area contributed by atoms with E-state index in [0.29, 0.717) is 11.3 Å². The Morgan fingerprint density at radius 3 is 2.53 bits per heavy atom. The molecular weight excluding hydrogens is 318 g/mol. The number of hydrogen-bond donors (Lipinski definition) is 0. The number of alkyl halides is 1. The van der Waals surface area contributed by atoms with Crippen molar-refractivity contribution in [1.82, 2.24) is 4.98 Å². The van der Waals surface area contributed by atoms with Crippen molar-refractivity contribution in [3.8, 4) is 0 Å². The number of halogens is 2. The van der Waals surface area contributed by atoms with E-state index in [2.05, 4.69) is 63.7 Å². The maximum atomic E-state index is 4.20. The van der Waals surface area contributed by atoms with Gasteiger partial charge in [0.1, 0.15) is 0 Å². The van der Waals surface area contributed by atoms with Crippen LogP contribution >= 0.6 is 31.9 Å². The molecule has 0 saturated heterocycles. The van der Waals surface area contributed by atoms with E-state index in [1.165, 1.54) is 5.56 Å². The van der Waals surface area contributed by atoms with Crippen molar-refractivity contribution in [2.45, 2.75) is 27.2 Å². The molecule has 1 rings (SSSR count). The van der Waals surface area contributed by atoms with Gasteiger partial charge in [-0.15, -0.1) is 0 Å². The zero-order valence-electron chi connectivity index (χ0n) is 9.43. The monoisotopic (exact) mass is 333 g/mol. The van der Waals surface area contributed by atoms with Crippen molar-refractivity contribution in [2.24, 2.45) is 11.3 Å². The second-order valence-corrected chi connectivity index (χ2v) is 6.11. The Kier molecular flexibility index (Phi) is 4.78. The molecule has 0 aliphatic carbocycles. The van der Waals surface area contributed by atoms with E-state index in [1.54, 1.807) is 0 Å². The van der Waals surface area contributed by atoms with Gasteiger partial charge in [0.2, 0.25) is 0 Å². The summed E-state index contributed by atoms with van der Waals surface area (Å²) < 4.78 is 1.06. The predicted octanol–water partition coefficient (Wildman–Crippen LogP) is 4.44. The molecule has 0 saturated carbocycles. The van der Waals surface area contributed by atoms with E-state index < -0.39 is 0 Å². The fraction of sp³-hybridized carbons (Fsp3) is 0.583. The minimum Gasteiger partial charge on any atom is -0.263 e. The van der Waals surface area contributed by atoms with Crippen LogP contribution in [0.1, 0.15) is 26.3 Å². The van der Waals surface area contributed by atoms with Crippen LogP contribution in [0.5, 0.6) is 0 Å². The average molecular weight is 335 g/mol. The van der Waals surface area contributed by atoms with E-state index >= 15 is 0 Å². The molecule has 15 heavy (non-hydrogen) atoms. The lowest BCUT2D eigenvalue weighted by Crippen LogP contribution is -2.28. The maximum Gasteiger partial charge on any atom is 0.0410 e. The molecule has 84 valence electrons. The number of aromatic nitrogens is 1. The van der Waals surface area contributed by atoms with Gasteiger partial charge in [0.05, 0.1) is 0 Å². The van der Waals surface area contributed by atoms with Crippen LogP contribution in [0, 0.1) is 11.3 Å². The molecule has 0 radical (unpaired) electrons. The normalized spacial score (nSPS) is 15.3. The van der Waals surface area contributed by atoms with E-state index in [0.717, 1.165) is 16.2 Å².